The van der Waals surface area contributed by atoms with Crippen LogP contribution in [0.25, 0.3) is 33.1 Å². The Morgan fingerprint density at radius 3 is 2.65 bits per heavy atom. The zero-order chi connectivity index (χ0) is 23.4. The molecular formula is C26H21N5O3. The summed E-state index contributed by atoms with van der Waals surface area (Å²) in [6, 6.07) is 9.56. The number of pyridine rings is 2. The number of aromatic nitrogens is 5. The molecule has 0 spiro atoms. The summed E-state index contributed by atoms with van der Waals surface area (Å²) in [5.41, 5.74) is 5.63. The minimum atomic E-state index is -0.266. The Morgan fingerprint density at radius 1 is 1.03 bits per heavy atom. The highest BCUT2D eigenvalue weighted by Gasteiger charge is 2.25. The Bertz CT molecular complexity index is 1740. The molecule has 0 bridgehead atoms. The molecule has 0 fully saturated rings. The van der Waals surface area contributed by atoms with Crippen molar-refractivity contribution in [3.05, 3.63) is 92.1 Å². The summed E-state index contributed by atoms with van der Waals surface area (Å²) in [7, 11) is 0. The maximum atomic E-state index is 13.0. The first-order valence-corrected chi connectivity index (χ1v) is 11.2. The van der Waals surface area contributed by atoms with Crippen LogP contribution in [-0.4, -0.2) is 30.3 Å². The number of carbonyl (C=O) groups excluding carboxylic acids is 1. The lowest BCUT2D eigenvalue weighted by molar-refractivity contribution is 0.101. The van der Waals surface area contributed by atoms with E-state index in [1.54, 1.807) is 30.6 Å². The van der Waals surface area contributed by atoms with Crippen molar-refractivity contribution >= 4 is 27.7 Å². The molecule has 5 aromatic rings. The third kappa shape index (κ3) is 3.10. The molecule has 1 aromatic carbocycles. The summed E-state index contributed by atoms with van der Waals surface area (Å²) < 4.78 is 1.95. The lowest BCUT2D eigenvalue weighted by Crippen LogP contribution is -2.13. The van der Waals surface area contributed by atoms with Gasteiger partial charge in [0.05, 0.1) is 17.4 Å². The molecule has 0 radical (unpaired) electrons. The fraction of sp³-hybridized carbons (Fsp3) is 0.192. The largest absolute Gasteiger partial charge is 0.333 e. The van der Waals surface area contributed by atoms with Gasteiger partial charge in [-0.2, -0.15) is 0 Å². The van der Waals surface area contributed by atoms with E-state index < -0.39 is 0 Å². The second-order valence-electron chi connectivity index (χ2n) is 8.72. The molecule has 2 N–H and O–H groups in total. The second kappa shape index (κ2) is 7.62. The van der Waals surface area contributed by atoms with E-state index in [2.05, 4.69) is 32.1 Å². The molecule has 0 amide bonds. The number of Topliss-reactive ketones (excluding diaryl/α,β-unsaturated/α-hetero) is 1. The number of H-pyrrole nitrogens is 2. The number of hydrogen-bond acceptors (Lipinski definition) is 5. The number of benzene rings is 1. The number of aromatic amines is 2. The lowest BCUT2D eigenvalue weighted by Gasteiger charge is -2.11. The van der Waals surface area contributed by atoms with Gasteiger partial charge in [-0.25, -0.2) is 9.97 Å². The summed E-state index contributed by atoms with van der Waals surface area (Å²) in [6.07, 6.45) is 7.66. The maximum absolute atomic E-state index is 13.0. The van der Waals surface area contributed by atoms with Gasteiger partial charge in [-0.15, -0.1) is 0 Å². The fourth-order valence-electron chi connectivity index (χ4n) is 5.11. The third-order valence-electron chi connectivity index (χ3n) is 6.59. The first kappa shape index (κ1) is 20.3. The molecule has 0 unspecified atom stereocenters. The average molecular weight is 451 g/mol. The maximum Gasteiger partial charge on any atom is 0.260 e. The summed E-state index contributed by atoms with van der Waals surface area (Å²) in [5, 5.41) is 1.28. The van der Waals surface area contributed by atoms with E-state index in [0.29, 0.717) is 34.4 Å². The highest BCUT2D eigenvalue weighted by Crippen LogP contribution is 2.38. The van der Waals surface area contributed by atoms with E-state index in [9.17, 15) is 14.4 Å². The van der Waals surface area contributed by atoms with Gasteiger partial charge in [-0.1, -0.05) is 0 Å². The van der Waals surface area contributed by atoms with Gasteiger partial charge in [0.1, 0.15) is 0 Å². The SMILES string of the molecule is CC(=O)c1c(-c2ccc[nH]c2=O)c2cc3c(cc2n1Cc1cnc2nc[nH]c(=O)c2c1)CCC3. The molecule has 0 saturated heterocycles. The van der Waals surface area contributed by atoms with E-state index in [1.165, 1.54) is 24.4 Å². The van der Waals surface area contributed by atoms with Gasteiger partial charge < -0.3 is 14.5 Å². The normalized spacial score (nSPS) is 13.0. The third-order valence-corrected chi connectivity index (χ3v) is 6.59. The van der Waals surface area contributed by atoms with Crippen LogP contribution in [0.2, 0.25) is 0 Å². The standard InChI is InChI=1S/C26H21N5O3/c1-14(32)23-22(18-6-3-7-27-25(18)33)19-9-16-4-2-5-17(16)10-21(19)31(23)12-15-8-20-24(28-11-15)29-13-30-26(20)34/h3,6-11,13H,2,4-5,12H2,1H3,(H,27,33)(H,28,29,30,34). The Hall–Kier alpha value is -4.33. The van der Waals surface area contributed by atoms with Crippen molar-refractivity contribution in [3.63, 3.8) is 0 Å². The molecule has 8 nitrogen and oxygen atoms in total. The van der Waals surface area contributed by atoms with Crippen molar-refractivity contribution in [2.24, 2.45) is 0 Å². The molecule has 4 aromatic heterocycles. The van der Waals surface area contributed by atoms with Crippen molar-refractivity contribution in [3.8, 4) is 11.1 Å². The summed E-state index contributed by atoms with van der Waals surface area (Å²) in [4.78, 5) is 51.9. The Kier molecular flexibility index (Phi) is 4.55. The Labute approximate surface area is 193 Å². The molecule has 6 rings (SSSR count). The van der Waals surface area contributed by atoms with E-state index >= 15 is 0 Å². The fourth-order valence-corrected chi connectivity index (χ4v) is 5.11. The van der Waals surface area contributed by atoms with Gasteiger partial charge in [0.15, 0.2) is 11.4 Å². The number of carbonyl (C=O) groups is 1. The summed E-state index contributed by atoms with van der Waals surface area (Å²) >= 11 is 0. The molecule has 1 aliphatic carbocycles. The summed E-state index contributed by atoms with van der Waals surface area (Å²) in [6.45, 7) is 1.85. The lowest BCUT2D eigenvalue weighted by atomic mass is 9.99. The molecule has 168 valence electrons. The number of aryl methyl sites for hydroxylation is 2. The van der Waals surface area contributed by atoms with E-state index in [1.807, 2.05) is 4.57 Å². The number of nitrogens with zero attached hydrogens (tertiary/aromatic N) is 3. The van der Waals surface area contributed by atoms with Crippen LogP contribution in [0.1, 0.15) is 40.5 Å². The minimum absolute atomic E-state index is 0.136. The van der Waals surface area contributed by atoms with Gasteiger partial charge in [0.25, 0.3) is 11.1 Å². The first-order chi connectivity index (χ1) is 16.5. The van der Waals surface area contributed by atoms with E-state index in [-0.39, 0.29) is 16.9 Å². The molecule has 4 heterocycles. The number of fused-ring (bicyclic) bond motifs is 3. The van der Waals surface area contributed by atoms with Crippen molar-refractivity contribution in [2.45, 2.75) is 32.7 Å². The highest BCUT2D eigenvalue weighted by molar-refractivity contribution is 6.10. The van der Waals surface area contributed by atoms with Crippen molar-refractivity contribution in [1.29, 1.82) is 0 Å². The van der Waals surface area contributed by atoms with E-state index in [4.69, 9.17) is 0 Å². The molecular weight excluding hydrogens is 430 g/mol. The minimum Gasteiger partial charge on any atom is -0.333 e. The number of nitrogens with one attached hydrogen (secondary N) is 2. The number of hydrogen-bond donors (Lipinski definition) is 2. The molecule has 0 aliphatic heterocycles. The predicted octanol–water partition coefficient (Wildman–Crippen LogP) is 3.37. The molecule has 0 saturated carbocycles. The van der Waals surface area contributed by atoms with Gasteiger partial charge >= 0.3 is 0 Å². The van der Waals surface area contributed by atoms with Gasteiger partial charge in [-0.05, 0) is 66.3 Å². The van der Waals surface area contributed by atoms with Crippen molar-refractivity contribution < 1.29 is 4.79 Å². The second-order valence-corrected chi connectivity index (χ2v) is 8.72. The molecule has 1 aliphatic rings. The van der Waals surface area contributed by atoms with Crippen molar-refractivity contribution in [2.75, 3.05) is 0 Å². The Morgan fingerprint density at radius 2 is 1.85 bits per heavy atom. The molecule has 8 heteroatoms. The summed E-state index contributed by atoms with van der Waals surface area (Å²) in [5.74, 6) is -0.136. The van der Waals surface area contributed by atoms with Crippen LogP contribution in [0.3, 0.4) is 0 Å². The van der Waals surface area contributed by atoms with Gasteiger partial charge in [-0.3, -0.25) is 14.4 Å². The Balaban J connectivity index is 1.65. The van der Waals surface area contributed by atoms with Crippen LogP contribution in [-0.2, 0) is 19.4 Å². The van der Waals surface area contributed by atoms with Gasteiger partial charge in [0, 0.05) is 47.9 Å². The quantitative estimate of drug-likeness (QED) is 0.407. The van der Waals surface area contributed by atoms with E-state index in [0.717, 1.165) is 35.7 Å². The van der Waals surface area contributed by atoms with Crippen LogP contribution in [0, 0.1) is 0 Å². The van der Waals surface area contributed by atoms with Crippen LogP contribution < -0.4 is 11.1 Å². The number of rotatable bonds is 4. The van der Waals surface area contributed by atoms with Crippen molar-refractivity contribution in [1.82, 2.24) is 24.5 Å². The zero-order valence-corrected chi connectivity index (χ0v) is 18.5. The monoisotopic (exact) mass is 451 g/mol. The van der Waals surface area contributed by atoms with Crippen LogP contribution in [0.15, 0.2) is 58.6 Å². The predicted molar refractivity (Wildman–Crippen MR) is 129 cm³/mol. The van der Waals surface area contributed by atoms with Crippen LogP contribution >= 0.6 is 0 Å². The van der Waals surface area contributed by atoms with Gasteiger partial charge in [0.2, 0.25) is 0 Å². The average Bonchev–Trinajstić information content (AvgIpc) is 3.41. The van der Waals surface area contributed by atoms with Crippen LogP contribution in [0.4, 0.5) is 0 Å². The number of ketones is 1. The first-order valence-electron chi connectivity index (χ1n) is 11.2. The zero-order valence-electron chi connectivity index (χ0n) is 18.5. The highest BCUT2D eigenvalue weighted by atomic mass is 16.1. The topological polar surface area (TPSA) is 114 Å². The molecule has 0 atom stereocenters. The molecule has 34 heavy (non-hydrogen) atoms. The van der Waals surface area contributed by atoms with Crippen LogP contribution in [0.5, 0.6) is 0 Å². The smallest absolute Gasteiger partial charge is 0.260 e.